The Hall–Kier alpha value is -5.33. The van der Waals surface area contributed by atoms with E-state index in [2.05, 4.69) is 28.2 Å². The van der Waals surface area contributed by atoms with Crippen molar-refractivity contribution in [3.8, 4) is 16.9 Å². The van der Waals surface area contributed by atoms with Crippen LogP contribution in [0.25, 0.3) is 21.3 Å². The highest BCUT2D eigenvalue weighted by molar-refractivity contribution is 7.22. The van der Waals surface area contributed by atoms with Crippen molar-refractivity contribution in [2.24, 2.45) is 11.8 Å². The zero-order valence-electron chi connectivity index (χ0n) is 33.3. The number of thiazole rings is 1. The van der Waals surface area contributed by atoms with Gasteiger partial charge in [0.25, 0.3) is 5.91 Å². The first-order chi connectivity index (χ1) is 27.3. The predicted octanol–water partition coefficient (Wildman–Crippen LogP) is 8.64. The number of esters is 1. The summed E-state index contributed by atoms with van der Waals surface area (Å²) in [5.74, 6) is 0.736. The Balaban J connectivity index is 1.09. The summed E-state index contributed by atoms with van der Waals surface area (Å²) in [6.07, 6.45) is 3.72. The van der Waals surface area contributed by atoms with Crippen LogP contribution in [0.1, 0.15) is 84.5 Å². The number of carbonyl (C=O) groups is 3. The van der Waals surface area contributed by atoms with Gasteiger partial charge in [-0.05, 0) is 137 Å². The van der Waals surface area contributed by atoms with Gasteiger partial charge in [0.05, 0.1) is 23.4 Å². The fourth-order valence-electron chi connectivity index (χ4n) is 7.91. The van der Waals surface area contributed by atoms with Crippen molar-refractivity contribution in [2.45, 2.75) is 72.4 Å². The molecular weight excluding hydrogens is 739 g/mol. The Bertz CT molecular complexity index is 2240. The van der Waals surface area contributed by atoms with Crippen molar-refractivity contribution in [1.29, 1.82) is 0 Å². The zero-order valence-corrected chi connectivity index (χ0v) is 34.2. The molecule has 2 aliphatic heterocycles. The van der Waals surface area contributed by atoms with E-state index in [-0.39, 0.29) is 18.1 Å². The van der Waals surface area contributed by atoms with Gasteiger partial charge in [-0.2, -0.15) is 0 Å². The first-order valence-corrected chi connectivity index (χ1v) is 20.6. The Kier molecular flexibility index (Phi) is 11.9. The van der Waals surface area contributed by atoms with Crippen molar-refractivity contribution in [3.05, 3.63) is 101 Å². The predicted molar refractivity (Wildman–Crippen MR) is 224 cm³/mol. The van der Waals surface area contributed by atoms with Gasteiger partial charge >= 0.3 is 11.9 Å². The molecule has 1 amide bonds. The van der Waals surface area contributed by atoms with Gasteiger partial charge < -0.3 is 19.5 Å². The molecule has 12 heteroatoms. The van der Waals surface area contributed by atoms with E-state index >= 15 is 0 Å². The summed E-state index contributed by atoms with van der Waals surface area (Å²) in [5.41, 5.74) is 5.35. The van der Waals surface area contributed by atoms with Gasteiger partial charge in [0, 0.05) is 24.2 Å². The SMILES string of the molecule is Cc1c(OC[C@H](C)CC2CCN(CC(=O)O)CC2)cccc1-c1ccc(N2CCc3cccc(C(=O)Nc4nc5ccccc5s4)c3C2)nc1C(=O)OC(C)(C)C. The number of rotatable bonds is 12. The highest BCUT2D eigenvalue weighted by atomic mass is 32.1. The quantitative estimate of drug-likeness (QED) is 0.118. The molecule has 57 heavy (non-hydrogen) atoms. The van der Waals surface area contributed by atoms with E-state index in [1.165, 1.54) is 11.3 Å². The van der Waals surface area contributed by atoms with Crippen molar-refractivity contribution in [2.75, 3.05) is 43.0 Å². The minimum absolute atomic E-state index is 0.107. The Morgan fingerprint density at radius 1 is 0.947 bits per heavy atom. The van der Waals surface area contributed by atoms with Crippen LogP contribution in [0.5, 0.6) is 5.75 Å². The smallest absolute Gasteiger partial charge is 0.358 e. The van der Waals surface area contributed by atoms with Crippen LogP contribution in [-0.2, 0) is 22.5 Å². The highest BCUT2D eigenvalue weighted by Gasteiger charge is 2.28. The highest BCUT2D eigenvalue weighted by Crippen LogP contribution is 2.36. The van der Waals surface area contributed by atoms with E-state index in [9.17, 15) is 14.4 Å². The van der Waals surface area contributed by atoms with Gasteiger partial charge in [-0.3, -0.25) is 19.8 Å². The Morgan fingerprint density at radius 2 is 1.72 bits per heavy atom. The van der Waals surface area contributed by atoms with E-state index in [0.29, 0.717) is 60.0 Å². The second-order valence-electron chi connectivity index (χ2n) is 16.3. The van der Waals surface area contributed by atoms with Crippen LogP contribution in [0.3, 0.4) is 0 Å². The number of pyridine rings is 1. The van der Waals surface area contributed by atoms with Gasteiger partial charge in [0.1, 0.15) is 17.2 Å². The van der Waals surface area contributed by atoms with E-state index in [0.717, 1.165) is 70.6 Å². The van der Waals surface area contributed by atoms with Crippen molar-refractivity contribution in [1.82, 2.24) is 14.9 Å². The van der Waals surface area contributed by atoms with E-state index in [4.69, 9.17) is 19.6 Å². The summed E-state index contributed by atoms with van der Waals surface area (Å²) in [7, 11) is 0. The van der Waals surface area contributed by atoms with Gasteiger partial charge in [-0.15, -0.1) is 0 Å². The summed E-state index contributed by atoms with van der Waals surface area (Å²) in [4.78, 5) is 52.4. The number of amides is 1. The Morgan fingerprint density at radius 3 is 2.47 bits per heavy atom. The molecule has 0 saturated carbocycles. The summed E-state index contributed by atoms with van der Waals surface area (Å²) in [5, 5.41) is 12.7. The first kappa shape index (κ1) is 39.9. The number of carbonyl (C=O) groups excluding carboxylic acids is 2. The molecule has 4 heterocycles. The van der Waals surface area contributed by atoms with Crippen LogP contribution in [0.4, 0.5) is 10.9 Å². The fraction of sp³-hybridized carbons (Fsp3) is 0.400. The average Bonchev–Trinajstić information content (AvgIpc) is 3.59. The number of hydrogen-bond acceptors (Lipinski definition) is 10. The topological polar surface area (TPSA) is 134 Å². The second kappa shape index (κ2) is 17.0. The van der Waals surface area contributed by atoms with Crippen molar-refractivity contribution in [3.63, 3.8) is 0 Å². The van der Waals surface area contributed by atoms with Crippen molar-refractivity contribution >= 4 is 50.3 Å². The molecule has 1 fully saturated rings. The molecule has 0 unspecified atom stereocenters. The molecule has 298 valence electrons. The number of piperidine rings is 1. The van der Waals surface area contributed by atoms with Crippen LogP contribution < -0.4 is 15.0 Å². The van der Waals surface area contributed by atoms with Crippen LogP contribution in [0, 0.1) is 18.8 Å². The molecule has 0 radical (unpaired) electrons. The number of aromatic nitrogens is 2. The molecule has 11 nitrogen and oxygen atoms in total. The lowest BCUT2D eigenvalue weighted by molar-refractivity contribution is -0.138. The van der Waals surface area contributed by atoms with Gasteiger partial charge in [-0.1, -0.05) is 54.7 Å². The molecule has 0 spiro atoms. The van der Waals surface area contributed by atoms with Gasteiger partial charge in [0.15, 0.2) is 10.8 Å². The van der Waals surface area contributed by atoms with E-state index < -0.39 is 17.5 Å². The number of hydrogen-bond donors (Lipinski definition) is 2. The first-order valence-electron chi connectivity index (χ1n) is 19.7. The lowest BCUT2D eigenvalue weighted by Crippen LogP contribution is -2.37. The monoisotopic (exact) mass is 789 g/mol. The minimum atomic E-state index is -0.773. The molecule has 1 saturated heterocycles. The molecular formula is C45H51N5O6S. The standard InChI is InChI=1S/C45H51N5O6S/c1-28(24-30-18-21-49(22-19-30)26-40(51)52)27-55-37-14-9-11-32(29(37)2)33-16-17-39(47-41(33)43(54)56-45(3,4)5)50-23-20-31-10-8-12-34(35(31)25-50)42(53)48-44-46-36-13-6-7-15-38(36)57-44/h6-17,28,30H,18-27H2,1-5H3,(H,51,52)(H,46,48,53)/t28-/m1/s1. The summed E-state index contributed by atoms with van der Waals surface area (Å²) in [6.45, 7) is 13.1. The third-order valence-electron chi connectivity index (χ3n) is 10.7. The van der Waals surface area contributed by atoms with Crippen molar-refractivity contribution < 1.29 is 29.0 Å². The van der Waals surface area contributed by atoms with Gasteiger partial charge in [0.2, 0.25) is 0 Å². The normalized spacial score (nSPS) is 15.6. The van der Waals surface area contributed by atoms with Crippen LogP contribution in [0.2, 0.25) is 0 Å². The molecule has 3 aromatic carbocycles. The number of aliphatic carboxylic acids is 1. The molecule has 2 aromatic heterocycles. The number of fused-ring (bicyclic) bond motifs is 2. The zero-order chi connectivity index (χ0) is 40.3. The summed E-state index contributed by atoms with van der Waals surface area (Å²) >= 11 is 1.45. The number of para-hydroxylation sites is 1. The molecule has 2 N–H and O–H groups in total. The molecule has 2 aliphatic rings. The number of benzene rings is 3. The number of nitrogens with zero attached hydrogens (tertiary/aromatic N) is 4. The minimum Gasteiger partial charge on any atom is -0.493 e. The van der Waals surface area contributed by atoms with E-state index in [1.807, 2.05) is 99.3 Å². The molecule has 0 aliphatic carbocycles. The number of carboxylic acid groups (broad SMARTS) is 1. The maximum absolute atomic E-state index is 13.9. The maximum atomic E-state index is 13.9. The number of carboxylic acids is 1. The average molecular weight is 790 g/mol. The van der Waals surface area contributed by atoms with Gasteiger partial charge in [-0.25, -0.2) is 14.8 Å². The molecule has 0 bridgehead atoms. The lowest BCUT2D eigenvalue weighted by atomic mass is 9.88. The van der Waals surface area contributed by atoms with E-state index in [1.54, 1.807) is 0 Å². The maximum Gasteiger partial charge on any atom is 0.358 e. The summed E-state index contributed by atoms with van der Waals surface area (Å²) in [6, 6.07) is 23.4. The largest absolute Gasteiger partial charge is 0.493 e. The van der Waals surface area contributed by atoms with Crippen LogP contribution in [-0.4, -0.2) is 76.2 Å². The van der Waals surface area contributed by atoms with Crippen LogP contribution >= 0.6 is 11.3 Å². The number of nitrogens with one attached hydrogen (secondary N) is 1. The third-order valence-corrected chi connectivity index (χ3v) is 11.7. The lowest BCUT2D eigenvalue weighted by Gasteiger charge is -2.32. The fourth-order valence-corrected chi connectivity index (χ4v) is 8.77. The second-order valence-corrected chi connectivity index (χ2v) is 17.3. The number of likely N-dealkylation sites (tertiary alicyclic amines) is 1. The number of ether oxygens (including phenoxy) is 2. The number of anilines is 2. The Labute approximate surface area is 338 Å². The third kappa shape index (κ3) is 9.62. The molecule has 5 aromatic rings. The summed E-state index contributed by atoms with van der Waals surface area (Å²) < 4.78 is 13.4. The molecule has 7 rings (SSSR count). The molecule has 1 atom stereocenters. The van der Waals surface area contributed by atoms with Crippen LogP contribution in [0.15, 0.2) is 72.8 Å².